The van der Waals surface area contributed by atoms with E-state index in [9.17, 15) is 14.4 Å². The summed E-state index contributed by atoms with van der Waals surface area (Å²) >= 11 is 0. The van der Waals surface area contributed by atoms with E-state index in [2.05, 4.69) is 4.74 Å². The average Bonchev–Trinajstić information content (AvgIpc) is 2.48. The Hall–Kier alpha value is -1.59. The number of likely N-dealkylation sites (tertiary alicyclic amines) is 1. The van der Waals surface area contributed by atoms with Gasteiger partial charge in [0.1, 0.15) is 5.92 Å². The van der Waals surface area contributed by atoms with Crippen LogP contribution in [0.5, 0.6) is 0 Å². The minimum atomic E-state index is -1.19. The summed E-state index contributed by atoms with van der Waals surface area (Å²) < 4.78 is 4.64. The number of carbonyl (C=O) groups is 3. The largest absolute Gasteiger partial charge is 0.481 e. The number of aliphatic carboxylic acids is 1. The maximum absolute atomic E-state index is 11.1. The summed E-state index contributed by atoms with van der Waals surface area (Å²) in [6.45, 7) is 1.59. The Morgan fingerprint density at radius 2 is 2.29 bits per heavy atom. The summed E-state index contributed by atoms with van der Waals surface area (Å²) in [5, 5.41) is 8.61. The van der Waals surface area contributed by atoms with Crippen LogP contribution in [-0.4, -0.2) is 47.5 Å². The number of ketones is 1. The van der Waals surface area contributed by atoms with E-state index in [4.69, 9.17) is 5.11 Å². The summed E-state index contributed by atoms with van der Waals surface area (Å²) in [5.41, 5.74) is 0. The van der Waals surface area contributed by atoms with Crippen molar-refractivity contribution in [2.45, 2.75) is 6.92 Å². The molecule has 1 unspecified atom stereocenters. The molecule has 1 fully saturated rings. The van der Waals surface area contributed by atoms with Gasteiger partial charge in [0.2, 0.25) is 0 Å². The van der Waals surface area contributed by atoms with Gasteiger partial charge in [0.15, 0.2) is 5.78 Å². The summed E-state index contributed by atoms with van der Waals surface area (Å²) in [4.78, 5) is 33.9. The molecule has 0 aromatic heterocycles. The van der Waals surface area contributed by atoms with Crippen molar-refractivity contribution in [3.05, 3.63) is 0 Å². The minimum absolute atomic E-state index is 0.0903. The first-order chi connectivity index (χ1) is 6.56. The van der Waals surface area contributed by atoms with Gasteiger partial charge in [-0.2, -0.15) is 0 Å². The van der Waals surface area contributed by atoms with Crippen molar-refractivity contribution in [1.29, 1.82) is 0 Å². The zero-order valence-electron chi connectivity index (χ0n) is 7.73. The highest BCUT2D eigenvalue weighted by atomic mass is 16.6. The lowest BCUT2D eigenvalue weighted by atomic mass is 10.1. The van der Waals surface area contributed by atoms with Gasteiger partial charge >= 0.3 is 12.1 Å². The molecule has 6 heteroatoms. The lowest BCUT2D eigenvalue weighted by Crippen LogP contribution is -2.30. The molecule has 1 atom stereocenters. The molecule has 0 aromatic carbocycles. The molecule has 1 rings (SSSR count). The van der Waals surface area contributed by atoms with E-state index >= 15 is 0 Å². The molecular weight excluding hydrogens is 190 g/mol. The summed E-state index contributed by atoms with van der Waals surface area (Å²) in [7, 11) is 0. The lowest BCUT2D eigenvalue weighted by molar-refractivity contribution is -0.144. The van der Waals surface area contributed by atoms with Gasteiger partial charge in [-0.25, -0.2) is 4.79 Å². The van der Waals surface area contributed by atoms with E-state index in [0.29, 0.717) is 0 Å². The molecule has 0 saturated carbocycles. The standard InChI is InChI=1S/C8H11NO5/c1-2-14-8(13)9-3-5(7(11)12)6(10)4-9/h5H,2-4H2,1H3,(H,11,12). The molecular formula is C8H11NO5. The molecule has 1 saturated heterocycles. The van der Waals surface area contributed by atoms with Crippen LogP contribution >= 0.6 is 0 Å². The maximum atomic E-state index is 11.1. The molecule has 1 aliphatic rings. The highest BCUT2D eigenvalue weighted by molar-refractivity contribution is 6.02. The number of rotatable bonds is 2. The van der Waals surface area contributed by atoms with E-state index in [1.165, 1.54) is 0 Å². The molecule has 14 heavy (non-hydrogen) atoms. The Morgan fingerprint density at radius 1 is 1.64 bits per heavy atom. The van der Waals surface area contributed by atoms with Gasteiger partial charge in [0.05, 0.1) is 13.2 Å². The second-order valence-electron chi connectivity index (χ2n) is 2.94. The molecule has 0 spiro atoms. The Balaban J connectivity index is 2.58. The predicted molar refractivity (Wildman–Crippen MR) is 44.7 cm³/mol. The third kappa shape index (κ3) is 2.01. The van der Waals surface area contributed by atoms with Crippen LogP contribution in [0.1, 0.15) is 6.92 Å². The third-order valence-corrected chi connectivity index (χ3v) is 1.96. The van der Waals surface area contributed by atoms with Gasteiger partial charge in [-0.1, -0.05) is 0 Å². The van der Waals surface area contributed by atoms with Crippen LogP contribution in [0.2, 0.25) is 0 Å². The van der Waals surface area contributed by atoms with Crippen LogP contribution in [0.15, 0.2) is 0 Å². The van der Waals surface area contributed by atoms with E-state index < -0.39 is 23.8 Å². The Kier molecular flexibility index (Phi) is 3.06. The van der Waals surface area contributed by atoms with Crippen molar-refractivity contribution in [3.8, 4) is 0 Å². The van der Waals surface area contributed by atoms with Crippen molar-refractivity contribution >= 4 is 17.8 Å². The van der Waals surface area contributed by atoms with Gasteiger partial charge in [-0.05, 0) is 6.92 Å². The van der Waals surface area contributed by atoms with Crippen LogP contribution in [0.25, 0.3) is 0 Å². The number of ether oxygens (including phenoxy) is 1. The molecule has 0 aromatic rings. The van der Waals surface area contributed by atoms with E-state index in [-0.39, 0.29) is 19.7 Å². The van der Waals surface area contributed by atoms with Crippen LogP contribution in [0.4, 0.5) is 4.79 Å². The van der Waals surface area contributed by atoms with Crippen LogP contribution in [-0.2, 0) is 14.3 Å². The van der Waals surface area contributed by atoms with Crippen LogP contribution < -0.4 is 0 Å². The van der Waals surface area contributed by atoms with Crippen molar-refractivity contribution in [3.63, 3.8) is 0 Å². The van der Waals surface area contributed by atoms with Crippen LogP contribution in [0.3, 0.4) is 0 Å². The molecule has 78 valence electrons. The first-order valence-electron chi connectivity index (χ1n) is 4.23. The fourth-order valence-electron chi connectivity index (χ4n) is 1.25. The molecule has 0 bridgehead atoms. The van der Waals surface area contributed by atoms with E-state index in [1.54, 1.807) is 6.92 Å². The number of amides is 1. The first-order valence-corrected chi connectivity index (χ1v) is 4.23. The van der Waals surface area contributed by atoms with Gasteiger partial charge in [-0.3, -0.25) is 14.5 Å². The minimum Gasteiger partial charge on any atom is -0.481 e. The number of Topliss-reactive ketones (excluding diaryl/α,β-unsaturated/α-hetero) is 1. The van der Waals surface area contributed by atoms with Crippen LogP contribution in [0, 0.1) is 5.92 Å². The molecule has 1 amide bonds. The maximum Gasteiger partial charge on any atom is 0.410 e. The predicted octanol–water partition coefficient (Wildman–Crippen LogP) is -0.272. The normalized spacial score (nSPS) is 21.1. The number of carboxylic acid groups (broad SMARTS) is 1. The molecule has 0 aliphatic carbocycles. The molecule has 1 N–H and O–H groups in total. The number of carbonyl (C=O) groups excluding carboxylic acids is 2. The number of carboxylic acids is 1. The van der Waals surface area contributed by atoms with Gasteiger partial charge in [0.25, 0.3) is 0 Å². The van der Waals surface area contributed by atoms with Gasteiger partial charge < -0.3 is 9.84 Å². The molecule has 1 heterocycles. The number of hydrogen-bond acceptors (Lipinski definition) is 4. The number of hydrogen-bond donors (Lipinski definition) is 1. The topological polar surface area (TPSA) is 83.9 Å². The second kappa shape index (κ2) is 4.08. The first kappa shape index (κ1) is 10.5. The Labute approximate surface area is 80.4 Å². The van der Waals surface area contributed by atoms with Gasteiger partial charge in [-0.15, -0.1) is 0 Å². The zero-order chi connectivity index (χ0) is 10.7. The van der Waals surface area contributed by atoms with E-state index in [0.717, 1.165) is 4.90 Å². The lowest BCUT2D eigenvalue weighted by Gasteiger charge is -2.13. The Bertz CT molecular complexity index is 275. The monoisotopic (exact) mass is 201 g/mol. The fraction of sp³-hybridized carbons (Fsp3) is 0.625. The smallest absolute Gasteiger partial charge is 0.410 e. The SMILES string of the molecule is CCOC(=O)N1CC(=O)C(C(=O)O)C1. The molecule has 6 nitrogen and oxygen atoms in total. The third-order valence-electron chi connectivity index (χ3n) is 1.96. The second-order valence-corrected chi connectivity index (χ2v) is 2.94. The highest BCUT2D eigenvalue weighted by Crippen LogP contribution is 2.13. The quantitative estimate of drug-likeness (QED) is 0.621. The molecule has 0 radical (unpaired) electrons. The van der Waals surface area contributed by atoms with Crippen molar-refractivity contribution in [1.82, 2.24) is 4.90 Å². The summed E-state index contributed by atoms with van der Waals surface area (Å²) in [6.07, 6.45) is -0.635. The van der Waals surface area contributed by atoms with E-state index in [1.807, 2.05) is 0 Å². The fourth-order valence-corrected chi connectivity index (χ4v) is 1.25. The average molecular weight is 201 g/mol. The summed E-state index contributed by atoms with van der Waals surface area (Å²) in [5.74, 6) is -2.74. The van der Waals surface area contributed by atoms with Crippen molar-refractivity contribution in [2.24, 2.45) is 5.92 Å². The molecule has 1 aliphatic heterocycles. The van der Waals surface area contributed by atoms with Crippen molar-refractivity contribution in [2.75, 3.05) is 19.7 Å². The van der Waals surface area contributed by atoms with Gasteiger partial charge in [0, 0.05) is 6.54 Å². The number of nitrogens with zero attached hydrogens (tertiary/aromatic N) is 1. The van der Waals surface area contributed by atoms with Crippen molar-refractivity contribution < 1.29 is 24.2 Å². The summed E-state index contributed by atoms with van der Waals surface area (Å²) in [6, 6.07) is 0. The zero-order valence-corrected chi connectivity index (χ0v) is 7.73. The highest BCUT2D eigenvalue weighted by Gasteiger charge is 2.38. The Morgan fingerprint density at radius 3 is 2.71 bits per heavy atom.